The molecule has 0 saturated heterocycles. The number of likely N-dealkylation sites (N-methyl/N-ethyl adjacent to an activating group) is 1. The van der Waals surface area contributed by atoms with Crippen LogP contribution in [0.15, 0.2) is 54.6 Å². The van der Waals surface area contributed by atoms with Gasteiger partial charge in [0.05, 0.1) is 12.0 Å². The van der Waals surface area contributed by atoms with E-state index >= 15 is 0 Å². The highest BCUT2D eigenvalue weighted by molar-refractivity contribution is 6.26. The van der Waals surface area contributed by atoms with Crippen LogP contribution in [0.3, 0.4) is 0 Å². The Morgan fingerprint density at radius 2 is 1.84 bits per heavy atom. The molecule has 19 heavy (non-hydrogen) atoms. The zero-order valence-corrected chi connectivity index (χ0v) is 10.8. The topological polar surface area (TPSA) is 34.4 Å². The van der Waals surface area contributed by atoms with Gasteiger partial charge in [-0.1, -0.05) is 54.6 Å². The molecule has 3 rings (SSSR count). The first-order valence-corrected chi connectivity index (χ1v) is 6.47. The van der Waals surface area contributed by atoms with E-state index in [1.807, 2.05) is 37.4 Å². The number of fused-ring (bicyclic) bond motifs is 1. The van der Waals surface area contributed by atoms with E-state index in [1.165, 1.54) is 6.21 Å². The molecular weight excluding hydrogens is 236 g/mol. The van der Waals surface area contributed by atoms with Crippen molar-refractivity contribution in [3.05, 3.63) is 60.2 Å². The number of amides is 1. The average Bonchev–Trinajstić information content (AvgIpc) is 2.59. The van der Waals surface area contributed by atoms with Crippen molar-refractivity contribution >= 4 is 12.1 Å². The van der Waals surface area contributed by atoms with Crippen LogP contribution in [-0.2, 0) is 4.79 Å². The van der Waals surface area contributed by atoms with Crippen LogP contribution in [0.2, 0.25) is 0 Å². The number of rotatable bonds is 1. The molecule has 2 aliphatic rings. The number of benzene rings is 1. The van der Waals surface area contributed by atoms with Crippen molar-refractivity contribution < 1.29 is 4.79 Å². The second-order valence-corrected chi connectivity index (χ2v) is 4.92. The number of allylic oxidation sites excluding steroid dienone is 2. The summed E-state index contributed by atoms with van der Waals surface area (Å²) in [7, 11) is 1.84. The van der Waals surface area contributed by atoms with Gasteiger partial charge in [0.1, 0.15) is 0 Å². The van der Waals surface area contributed by atoms with Crippen LogP contribution in [0.1, 0.15) is 11.6 Å². The second-order valence-electron chi connectivity index (χ2n) is 4.92. The van der Waals surface area contributed by atoms with Crippen LogP contribution in [0, 0.1) is 5.92 Å². The Morgan fingerprint density at radius 3 is 2.63 bits per heavy atom. The molecule has 1 aromatic carbocycles. The first kappa shape index (κ1) is 11.9. The Labute approximate surface area is 113 Å². The van der Waals surface area contributed by atoms with E-state index in [0.29, 0.717) is 0 Å². The van der Waals surface area contributed by atoms with Gasteiger partial charge < -0.3 is 4.90 Å². The predicted molar refractivity (Wildman–Crippen MR) is 75.7 cm³/mol. The molecule has 0 fully saturated rings. The fourth-order valence-corrected chi connectivity index (χ4v) is 2.73. The van der Waals surface area contributed by atoms with Crippen LogP contribution < -0.4 is 4.99 Å². The van der Waals surface area contributed by atoms with Crippen LogP contribution >= 0.6 is 0 Å². The van der Waals surface area contributed by atoms with Crippen molar-refractivity contribution in [3.8, 4) is 0 Å². The van der Waals surface area contributed by atoms with E-state index in [-0.39, 0.29) is 23.9 Å². The largest absolute Gasteiger partial charge is 0.330 e. The third-order valence-corrected chi connectivity index (χ3v) is 3.79. The summed E-state index contributed by atoms with van der Waals surface area (Å²) in [5.74, 6) is 0.161. The Hall–Kier alpha value is -2.16. The SMILES string of the molecule is CN1C(=O)C=[N+]C(c2ccccc2)C2C=CC=CC21. The molecule has 0 bridgehead atoms. The molecule has 1 aliphatic carbocycles. The summed E-state index contributed by atoms with van der Waals surface area (Å²) in [6.07, 6.45) is 9.72. The van der Waals surface area contributed by atoms with Gasteiger partial charge in [-0.15, -0.1) is 0 Å². The zero-order chi connectivity index (χ0) is 13.2. The van der Waals surface area contributed by atoms with Gasteiger partial charge in [0.25, 0.3) is 12.3 Å². The summed E-state index contributed by atoms with van der Waals surface area (Å²) >= 11 is 0. The smallest absolute Gasteiger partial charge is 0.317 e. The molecule has 0 N–H and O–H groups in total. The lowest BCUT2D eigenvalue weighted by atomic mass is 9.84. The fourth-order valence-electron chi connectivity index (χ4n) is 2.73. The summed E-state index contributed by atoms with van der Waals surface area (Å²) in [6, 6.07) is 10.2. The molecule has 95 valence electrons. The quantitative estimate of drug-likeness (QED) is 0.749. The highest BCUT2D eigenvalue weighted by Crippen LogP contribution is 2.31. The Bertz CT molecular complexity index is 559. The maximum atomic E-state index is 12.0. The molecule has 3 unspecified atom stereocenters. The van der Waals surface area contributed by atoms with Crippen molar-refractivity contribution in [3.63, 3.8) is 0 Å². The van der Waals surface area contributed by atoms with Crippen molar-refractivity contribution in [2.24, 2.45) is 5.92 Å². The fraction of sp³-hybridized carbons (Fsp3) is 0.250. The van der Waals surface area contributed by atoms with Gasteiger partial charge in [-0.2, -0.15) is 0 Å². The molecule has 1 aromatic rings. The van der Waals surface area contributed by atoms with Gasteiger partial charge >= 0.3 is 5.91 Å². The lowest BCUT2D eigenvalue weighted by Gasteiger charge is -2.29. The van der Waals surface area contributed by atoms with Crippen molar-refractivity contribution in [1.29, 1.82) is 0 Å². The molecule has 1 amide bonds. The lowest BCUT2D eigenvalue weighted by Crippen LogP contribution is -2.41. The van der Waals surface area contributed by atoms with Gasteiger partial charge in [0.15, 0.2) is 0 Å². The van der Waals surface area contributed by atoms with Crippen LogP contribution in [0.5, 0.6) is 0 Å². The maximum Gasteiger partial charge on any atom is 0.317 e. The van der Waals surface area contributed by atoms with Gasteiger partial charge in [-0.25, -0.2) is 0 Å². The minimum atomic E-state index is -0.0339. The number of carbonyl (C=O) groups is 1. The van der Waals surface area contributed by atoms with Crippen molar-refractivity contribution in [2.75, 3.05) is 7.05 Å². The third-order valence-electron chi connectivity index (χ3n) is 3.79. The third kappa shape index (κ3) is 2.12. The van der Waals surface area contributed by atoms with E-state index in [9.17, 15) is 4.79 Å². The number of hydrogen-bond acceptors (Lipinski definition) is 2. The van der Waals surface area contributed by atoms with Gasteiger partial charge in [0, 0.05) is 17.6 Å². The molecule has 3 heteroatoms. The summed E-state index contributed by atoms with van der Waals surface area (Å²) in [6.45, 7) is 0. The van der Waals surface area contributed by atoms with Crippen LogP contribution in [-0.4, -0.2) is 30.1 Å². The van der Waals surface area contributed by atoms with E-state index in [0.717, 1.165) is 5.56 Å². The maximum absolute atomic E-state index is 12.0. The monoisotopic (exact) mass is 252 g/mol. The minimum Gasteiger partial charge on any atom is -0.330 e. The Morgan fingerprint density at radius 1 is 1.11 bits per heavy atom. The minimum absolute atomic E-state index is 0.00120. The van der Waals surface area contributed by atoms with Gasteiger partial charge in [0.2, 0.25) is 0 Å². The number of nitrogens with zero attached hydrogens (tertiary/aromatic N) is 2. The highest BCUT2D eigenvalue weighted by atomic mass is 16.2. The van der Waals surface area contributed by atoms with E-state index < -0.39 is 0 Å². The van der Waals surface area contributed by atoms with Crippen LogP contribution in [0.4, 0.5) is 0 Å². The van der Waals surface area contributed by atoms with Crippen molar-refractivity contribution in [1.82, 2.24) is 9.89 Å². The number of carbonyl (C=O) groups excluding carboxylic acids is 1. The number of hydrogen-bond donors (Lipinski definition) is 0. The van der Waals surface area contributed by atoms with Crippen molar-refractivity contribution in [2.45, 2.75) is 12.1 Å². The summed E-state index contributed by atoms with van der Waals surface area (Å²) in [5.41, 5.74) is 1.15. The molecule has 0 saturated carbocycles. The standard InChI is InChI=1S/C16H16N2O/c1-18-14-10-6-5-9-13(14)16(17-11-15(18)19)12-7-3-2-4-8-12/h2-11,13-14,16H,1H3/q+1. The first-order valence-electron chi connectivity index (χ1n) is 6.47. The van der Waals surface area contributed by atoms with Gasteiger partial charge in [-0.3, -0.25) is 4.79 Å². The molecule has 3 atom stereocenters. The normalized spacial score (nSPS) is 29.2. The number of aliphatic imine (C=N–C) groups is 1. The molecule has 1 radical (unpaired) electrons. The molecular formula is C16H16N2O+. The lowest BCUT2D eigenvalue weighted by molar-refractivity contribution is -0.123. The molecule has 0 aromatic heterocycles. The molecule has 1 heterocycles. The van der Waals surface area contributed by atoms with E-state index in [4.69, 9.17) is 0 Å². The molecule has 0 spiro atoms. The zero-order valence-electron chi connectivity index (χ0n) is 10.8. The predicted octanol–water partition coefficient (Wildman–Crippen LogP) is 1.72. The molecule has 3 nitrogen and oxygen atoms in total. The van der Waals surface area contributed by atoms with Gasteiger partial charge in [-0.05, 0) is 0 Å². The molecule has 1 aliphatic heterocycles. The summed E-state index contributed by atoms with van der Waals surface area (Å²) in [5, 5.41) is 0. The first-order chi connectivity index (χ1) is 9.27. The Kier molecular flexibility index (Phi) is 3.03. The second kappa shape index (κ2) is 4.84. The van der Waals surface area contributed by atoms with E-state index in [1.54, 1.807) is 4.90 Å². The summed E-state index contributed by atoms with van der Waals surface area (Å²) < 4.78 is 0. The Balaban J connectivity index is 2.04. The summed E-state index contributed by atoms with van der Waals surface area (Å²) in [4.78, 5) is 18.2. The van der Waals surface area contributed by atoms with E-state index in [2.05, 4.69) is 29.3 Å². The van der Waals surface area contributed by atoms with Crippen LogP contribution in [0.25, 0.3) is 0 Å². The average molecular weight is 252 g/mol. The highest BCUT2D eigenvalue weighted by Gasteiger charge is 2.41.